The van der Waals surface area contributed by atoms with E-state index in [0.717, 1.165) is 71.8 Å². The quantitative estimate of drug-likeness (QED) is 0.360. The lowest BCUT2D eigenvalue weighted by molar-refractivity contribution is 0.0342. The van der Waals surface area contributed by atoms with Gasteiger partial charge in [-0.2, -0.15) is 0 Å². The summed E-state index contributed by atoms with van der Waals surface area (Å²) in [6, 6.07) is 16.8. The molecule has 0 amide bonds. The molecule has 0 N–H and O–H groups in total. The third-order valence-corrected chi connectivity index (χ3v) is 6.53. The molecule has 7 heteroatoms. The van der Waals surface area contributed by atoms with Crippen LogP contribution in [0, 0.1) is 6.92 Å². The summed E-state index contributed by atoms with van der Waals surface area (Å²) in [6.07, 6.45) is 1.79. The lowest BCUT2D eigenvalue weighted by Crippen LogP contribution is -2.35. The Morgan fingerprint density at radius 3 is 2.19 bits per heavy atom. The molecule has 0 spiro atoms. The third-order valence-electron chi connectivity index (χ3n) is 6.53. The maximum Gasteiger partial charge on any atom is 0.203 e. The molecule has 1 aliphatic heterocycles. The molecular weight excluding hydrogens is 454 g/mol. The number of benzene rings is 3. The van der Waals surface area contributed by atoms with Crippen molar-refractivity contribution < 1.29 is 18.9 Å². The number of morpholine rings is 1. The van der Waals surface area contributed by atoms with E-state index in [9.17, 15) is 0 Å². The van der Waals surface area contributed by atoms with Crippen LogP contribution in [0.1, 0.15) is 11.1 Å². The fraction of sp³-hybridized carbons (Fsp3) is 0.310. The van der Waals surface area contributed by atoms with Crippen molar-refractivity contribution >= 4 is 11.0 Å². The van der Waals surface area contributed by atoms with E-state index in [4.69, 9.17) is 28.9 Å². The Morgan fingerprint density at radius 2 is 1.56 bits per heavy atom. The van der Waals surface area contributed by atoms with Crippen molar-refractivity contribution in [2.75, 3.05) is 47.6 Å². The predicted molar refractivity (Wildman–Crippen MR) is 141 cm³/mol. The van der Waals surface area contributed by atoms with Crippen molar-refractivity contribution in [2.45, 2.75) is 13.5 Å². The van der Waals surface area contributed by atoms with E-state index in [2.05, 4.69) is 48.2 Å². The monoisotopic (exact) mass is 485 g/mol. The van der Waals surface area contributed by atoms with Gasteiger partial charge < -0.3 is 18.9 Å². The summed E-state index contributed by atoms with van der Waals surface area (Å²) in [6.45, 7) is 6.58. The molecule has 0 radical (unpaired) electrons. The molecule has 1 saturated heterocycles. The highest BCUT2D eigenvalue weighted by Crippen LogP contribution is 2.41. The number of rotatable bonds is 7. The zero-order valence-electron chi connectivity index (χ0n) is 21.2. The summed E-state index contributed by atoms with van der Waals surface area (Å²) in [5.41, 5.74) is 7.90. The van der Waals surface area contributed by atoms with Gasteiger partial charge in [-0.3, -0.25) is 9.88 Å². The zero-order valence-corrected chi connectivity index (χ0v) is 21.2. The molecule has 0 bridgehead atoms. The van der Waals surface area contributed by atoms with Crippen molar-refractivity contribution in [3.05, 3.63) is 65.9 Å². The van der Waals surface area contributed by atoms with Crippen molar-refractivity contribution in [3.8, 4) is 39.6 Å². The summed E-state index contributed by atoms with van der Waals surface area (Å²) in [7, 11) is 4.81. The summed E-state index contributed by atoms with van der Waals surface area (Å²) in [4.78, 5) is 12.2. The number of aryl methyl sites for hydroxylation is 1. The molecule has 36 heavy (non-hydrogen) atoms. The normalized spacial score (nSPS) is 14.1. The summed E-state index contributed by atoms with van der Waals surface area (Å²) < 4.78 is 22.0. The van der Waals surface area contributed by atoms with E-state index >= 15 is 0 Å². The van der Waals surface area contributed by atoms with Crippen LogP contribution in [0.15, 0.2) is 54.7 Å². The molecule has 0 unspecified atom stereocenters. The van der Waals surface area contributed by atoms with E-state index in [0.29, 0.717) is 17.2 Å². The number of nitrogens with zero attached hydrogens (tertiary/aromatic N) is 3. The van der Waals surface area contributed by atoms with Gasteiger partial charge in [0.05, 0.1) is 57.5 Å². The van der Waals surface area contributed by atoms with Crippen molar-refractivity contribution in [1.29, 1.82) is 0 Å². The average Bonchev–Trinajstić information content (AvgIpc) is 2.92. The summed E-state index contributed by atoms with van der Waals surface area (Å²) in [5.74, 6) is 1.70. The van der Waals surface area contributed by atoms with E-state index in [1.54, 1.807) is 27.5 Å². The van der Waals surface area contributed by atoms with Gasteiger partial charge in [-0.25, -0.2) is 4.98 Å². The molecule has 0 atom stereocenters. The highest BCUT2D eigenvalue weighted by atomic mass is 16.5. The fourth-order valence-electron chi connectivity index (χ4n) is 4.65. The number of ether oxygens (including phenoxy) is 4. The van der Waals surface area contributed by atoms with Crippen molar-refractivity contribution in [3.63, 3.8) is 0 Å². The molecule has 1 fully saturated rings. The highest BCUT2D eigenvalue weighted by Gasteiger charge is 2.17. The minimum absolute atomic E-state index is 0.547. The molecule has 0 saturated carbocycles. The van der Waals surface area contributed by atoms with E-state index in [1.807, 2.05) is 12.1 Å². The van der Waals surface area contributed by atoms with Gasteiger partial charge in [0.15, 0.2) is 11.5 Å². The van der Waals surface area contributed by atoms with Crippen LogP contribution in [0.4, 0.5) is 0 Å². The Labute approximate surface area is 211 Å². The Balaban J connectivity index is 1.54. The number of fused-ring (bicyclic) bond motifs is 1. The van der Waals surface area contributed by atoms with Crippen LogP contribution in [-0.2, 0) is 11.3 Å². The standard InChI is InChI=1S/C29H31N3O4/c1-19-13-23(21-7-5-20(6-8-21)18-32-9-11-36-12-10-32)28-24(14-19)30-17-25(31-28)22-15-26(33-2)29(35-4)27(16-22)34-3/h5-8,13-17H,9-12,18H2,1-4H3. The van der Waals surface area contributed by atoms with Gasteiger partial charge in [0.1, 0.15) is 0 Å². The summed E-state index contributed by atoms with van der Waals surface area (Å²) >= 11 is 0. The van der Waals surface area contributed by atoms with Crippen LogP contribution in [0.2, 0.25) is 0 Å². The molecule has 1 aliphatic rings. The second-order valence-corrected chi connectivity index (χ2v) is 8.93. The molecule has 2 heterocycles. The van der Waals surface area contributed by atoms with Crippen molar-refractivity contribution in [2.24, 2.45) is 0 Å². The van der Waals surface area contributed by atoms with Crippen LogP contribution in [0.25, 0.3) is 33.4 Å². The Kier molecular flexibility index (Phi) is 7.02. The Morgan fingerprint density at radius 1 is 0.861 bits per heavy atom. The Bertz CT molecular complexity index is 1340. The fourth-order valence-corrected chi connectivity index (χ4v) is 4.65. The first-order valence-corrected chi connectivity index (χ1v) is 12.1. The van der Waals surface area contributed by atoms with Crippen LogP contribution in [0.5, 0.6) is 17.2 Å². The third kappa shape index (κ3) is 4.85. The van der Waals surface area contributed by atoms with Crippen LogP contribution in [0.3, 0.4) is 0 Å². The van der Waals surface area contributed by atoms with Gasteiger partial charge >= 0.3 is 0 Å². The van der Waals surface area contributed by atoms with Gasteiger partial charge in [-0.15, -0.1) is 0 Å². The zero-order chi connectivity index (χ0) is 25.1. The van der Waals surface area contributed by atoms with Crippen LogP contribution < -0.4 is 14.2 Å². The largest absolute Gasteiger partial charge is 0.493 e. The lowest BCUT2D eigenvalue weighted by Gasteiger charge is -2.26. The lowest BCUT2D eigenvalue weighted by atomic mass is 9.99. The molecule has 186 valence electrons. The minimum Gasteiger partial charge on any atom is -0.493 e. The van der Waals surface area contributed by atoms with Gasteiger partial charge in [-0.1, -0.05) is 24.3 Å². The molecule has 7 nitrogen and oxygen atoms in total. The second kappa shape index (κ2) is 10.5. The molecular formula is C29H31N3O4. The molecule has 1 aromatic heterocycles. The van der Waals surface area contributed by atoms with E-state index in [1.165, 1.54) is 5.56 Å². The first kappa shape index (κ1) is 24.0. The number of hydrogen-bond donors (Lipinski definition) is 0. The predicted octanol–water partition coefficient (Wildman–Crippen LogP) is 5.13. The van der Waals surface area contributed by atoms with Gasteiger partial charge in [0, 0.05) is 30.8 Å². The SMILES string of the molecule is COc1cc(-c2cnc3cc(C)cc(-c4ccc(CN5CCOCC5)cc4)c3n2)cc(OC)c1OC. The van der Waals surface area contributed by atoms with E-state index in [-0.39, 0.29) is 0 Å². The first-order valence-electron chi connectivity index (χ1n) is 12.1. The van der Waals surface area contributed by atoms with Crippen LogP contribution in [-0.4, -0.2) is 62.5 Å². The summed E-state index contributed by atoms with van der Waals surface area (Å²) in [5, 5.41) is 0. The van der Waals surface area contributed by atoms with Crippen LogP contribution >= 0.6 is 0 Å². The number of hydrogen-bond acceptors (Lipinski definition) is 7. The average molecular weight is 486 g/mol. The van der Waals surface area contributed by atoms with Gasteiger partial charge in [-0.05, 0) is 47.9 Å². The maximum atomic E-state index is 5.54. The highest BCUT2D eigenvalue weighted by molar-refractivity contribution is 5.93. The molecule has 5 rings (SSSR count). The smallest absolute Gasteiger partial charge is 0.203 e. The second-order valence-electron chi connectivity index (χ2n) is 8.93. The number of methoxy groups -OCH3 is 3. The number of aromatic nitrogens is 2. The molecule has 0 aliphatic carbocycles. The molecule has 3 aromatic carbocycles. The minimum atomic E-state index is 0.547. The Hall–Kier alpha value is -3.68. The topological polar surface area (TPSA) is 65.9 Å². The molecule has 4 aromatic rings. The van der Waals surface area contributed by atoms with Gasteiger partial charge in [0.25, 0.3) is 0 Å². The van der Waals surface area contributed by atoms with E-state index < -0.39 is 0 Å². The first-order chi connectivity index (χ1) is 17.6. The maximum absolute atomic E-state index is 5.54. The van der Waals surface area contributed by atoms with Gasteiger partial charge in [0.2, 0.25) is 5.75 Å². The van der Waals surface area contributed by atoms with Crippen molar-refractivity contribution in [1.82, 2.24) is 14.9 Å².